The highest BCUT2D eigenvalue weighted by molar-refractivity contribution is 5.95. The summed E-state index contributed by atoms with van der Waals surface area (Å²) in [7, 11) is 0. The lowest BCUT2D eigenvalue weighted by Gasteiger charge is -2.31. The van der Waals surface area contributed by atoms with Gasteiger partial charge in [-0.1, -0.05) is 48.5 Å². The first-order chi connectivity index (χ1) is 15.6. The number of aromatic nitrogens is 2. The lowest BCUT2D eigenvalue weighted by molar-refractivity contribution is -0.120. The summed E-state index contributed by atoms with van der Waals surface area (Å²) in [5.74, 6) is 1.49. The molecule has 3 heterocycles. The molecule has 0 saturated carbocycles. The van der Waals surface area contributed by atoms with Crippen LogP contribution in [0.2, 0.25) is 0 Å². The summed E-state index contributed by atoms with van der Waals surface area (Å²) < 4.78 is 5.22. The van der Waals surface area contributed by atoms with Crippen molar-refractivity contribution in [2.24, 2.45) is 5.92 Å². The van der Waals surface area contributed by atoms with E-state index in [-0.39, 0.29) is 18.1 Å². The number of pyridine rings is 1. The van der Waals surface area contributed by atoms with Gasteiger partial charge in [-0.2, -0.15) is 0 Å². The van der Waals surface area contributed by atoms with Gasteiger partial charge in [0.15, 0.2) is 11.5 Å². The smallest absolute Gasteiger partial charge is 0.273 e. The largest absolute Gasteiger partial charge is 0.357 e. The Morgan fingerprint density at radius 2 is 1.88 bits per heavy atom. The molecule has 166 valence electrons. The van der Waals surface area contributed by atoms with E-state index in [4.69, 9.17) is 4.52 Å². The van der Waals surface area contributed by atoms with E-state index < -0.39 is 5.91 Å². The van der Waals surface area contributed by atoms with Gasteiger partial charge in [0.25, 0.3) is 5.91 Å². The molecule has 1 fully saturated rings. The highest BCUT2D eigenvalue weighted by Crippen LogP contribution is 2.21. The summed E-state index contributed by atoms with van der Waals surface area (Å²) >= 11 is 0. The van der Waals surface area contributed by atoms with Crippen molar-refractivity contribution in [1.82, 2.24) is 20.8 Å². The van der Waals surface area contributed by atoms with Crippen LogP contribution in [0.5, 0.6) is 0 Å². The lowest BCUT2D eigenvalue weighted by atomic mass is 9.99. The van der Waals surface area contributed by atoms with Crippen molar-refractivity contribution in [3.05, 3.63) is 66.0 Å². The molecular weight excluding hydrogens is 406 g/mol. The molecule has 0 unspecified atom stereocenters. The fourth-order valence-corrected chi connectivity index (χ4v) is 3.58. The number of anilines is 1. The zero-order chi connectivity index (χ0) is 22.3. The molecule has 1 aromatic carbocycles. The zero-order valence-electron chi connectivity index (χ0n) is 18.1. The molecule has 2 aromatic heterocycles. The fraction of sp³-hybridized carbons (Fsp3) is 0.333. The minimum absolute atomic E-state index is 0.128. The van der Waals surface area contributed by atoms with Crippen molar-refractivity contribution in [3.63, 3.8) is 0 Å². The van der Waals surface area contributed by atoms with Crippen LogP contribution >= 0.6 is 0 Å². The van der Waals surface area contributed by atoms with Crippen LogP contribution in [0.1, 0.15) is 35.8 Å². The molecule has 8 nitrogen and oxygen atoms in total. The topological polar surface area (TPSA) is 100 Å². The van der Waals surface area contributed by atoms with Gasteiger partial charge in [-0.25, -0.2) is 4.98 Å². The van der Waals surface area contributed by atoms with Crippen LogP contribution < -0.4 is 15.5 Å². The third-order valence-electron chi connectivity index (χ3n) is 5.62. The van der Waals surface area contributed by atoms with E-state index >= 15 is 0 Å². The minimum Gasteiger partial charge on any atom is -0.357 e. The Labute approximate surface area is 187 Å². The quantitative estimate of drug-likeness (QED) is 0.594. The van der Waals surface area contributed by atoms with Crippen molar-refractivity contribution in [2.45, 2.75) is 26.3 Å². The number of carbonyl (C=O) groups is 2. The number of nitrogens with one attached hydrogen (secondary N) is 2. The van der Waals surface area contributed by atoms with E-state index in [0.717, 1.165) is 36.0 Å². The summed E-state index contributed by atoms with van der Waals surface area (Å²) in [6.07, 6.45) is 4.16. The number of hydrogen-bond donors (Lipinski definition) is 2. The lowest BCUT2D eigenvalue weighted by Crippen LogP contribution is -2.36. The van der Waals surface area contributed by atoms with Crippen molar-refractivity contribution < 1.29 is 14.1 Å². The first-order valence-electron chi connectivity index (χ1n) is 10.9. The van der Waals surface area contributed by atoms with Crippen LogP contribution in [0.4, 0.5) is 5.82 Å². The molecule has 32 heavy (non-hydrogen) atoms. The zero-order valence-corrected chi connectivity index (χ0v) is 18.1. The molecule has 0 radical (unpaired) electrons. The first kappa shape index (κ1) is 21.5. The monoisotopic (exact) mass is 433 g/mol. The van der Waals surface area contributed by atoms with Crippen LogP contribution in [-0.2, 0) is 11.3 Å². The predicted molar refractivity (Wildman–Crippen MR) is 121 cm³/mol. The van der Waals surface area contributed by atoms with Gasteiger partial charge < -0.3 is 20.1 Å². The summed E-state index contributed by atoms with van der Waals surface area (Å²) in [4.78, 5) is 31.2. The Bertz CT molecular complexity index is 1040. The molecule has 0 bridgehead atoms. The number of benzene rings is 1. The molecule has 2 amide bonds. The average Bonchev–Trinajstić information content (AvgIpc) is 3.33. The van der Waals surface area contributed by atoms with Gasteiger partial charge in [0.05, 0.1) is 6.54 Å². The van der Waals surface area contributed by atoms with Crippen molar-refractivity contribution in [3.8, 4) is 11.3 Å². The Morgan fingerprint density at radius 1 is 1.09 bits per heavy atom. The molecule has 1 aliphatic heterocycles. The Kier molecular flexibility index (Phi) is 6.79. The maximum atomic E-state index is 12.2. The van der Waals surface area contributed by atoms with Gasteiger partial charge >= 0.3 is 0 Å². The fourth-order valence-electron chi connectivity index (χ4n) is 3.58. The molecule has 4 rings (SSSR count). The number of carbonyl (C=O) groups excluding carboxylic acids is 2. The van der Waals surface area contributed by atoms with Crippen LogP contribution in [0, 0.1) is 5.92 Å². The van der Waals surface area contributed by atoms with Gasteiger partial charge in [-0.3, -0.25) is 9.59 Å². The second-order valence-corrected chi connectivity index (χ2v) is 8.10. The Balaban J connectivity index is 1.21. The molecular formula is C24H27N5O3. The third kappa shape index (κ3) is 5.51. The standard InChI is InChI=1S/C24H27N5O3/c1-17-9-11-29(12-10-17)22-8-7-18(14-25-22)15-26-23(30)16-27-24(31)20-13-21(32-28-20)19-5-3-2-4-6-19/h2-8,13-14,17H,9-12,15-16H2,1H3,(H,26,30)(H,27,31). The number of amides is 2. The summed E-state index contributed by atoms with van der Waals surface area (Å²) in [5.41, 5.74) is 1.86. The molecule has 0 spiro atoms. The maximum absolute atomic E-state index is 12.2. The van der Waals surface area contributed by atoms with Gasteiger partial charge in [-0.05, 0) is 30.4 Å². The van der Waals surface area contributed by atoms with Crippen LogP contribution in [0.15, 0.2) is 59.3 Å². The maximum Gasteiger partial charge on any atom is 0.273 e. The van der Waals surface area contributed by atoms with Crippen molar-refractivity contribution >= 4 is 17.6 Å². The van der Waals surface area contributed by atoms with E-state index in [1.165, 1.54) is 12.8 Å². The number of hydrogen-bond acceptors (Lipinski definition) is 6. The average molecular weight is 434 g/mol. The van der Waals surface area contributed by atoms with Gasteiger partial charge in [0.2, 0.25) is 5.91 Å². The second kappa shape index (κ2) is 10.1. The predicted octanol–water partition coefficient (Wildman–Crippen LogP) is 3.02. The van der Waals surface area contributed by atoms with E-state index in [2.05, 4.69) is 32.6 Å². The summed E-state index contributed by atoms with van der Waals surface area (Å²) in [6.45, 7) is 4.54. The van der Waals surface area contributed by atoms with Gasteiger partial charge in [-0.15, -0.1) is 0 Å². The highest BCUT2D eigenvalue weighted by atomic mass is 16.5. The summed E-state index contributed by atoms with van der Waals surface area (Å²) in [5, 5.41) is 9.13. The molecule has 0 aliphatic carbocycles. The molecule has 1 saturated heterocycles. The minimum atomic E-state index is -0.465. The van der Waals surface area contributed by atoms with Crippen molar-refractivity contribution in [2.75, 3.05) is 24.5 Å². The SMILES string of the molecule is CC1CCN(c2ccc(CNC(=O)CNC(=O)c3cc(-c4ccccc4)on3)cn2)CC1. The first-order valence-corrected chi connectivity index (χ1v) is 10.9. The van der Waals surface area contributed by atoms with E-state index in [9.17, 15) is 9.59 Å². The normalized spacial score (nSPS) is 14.2. The Morgan fingerprint density at radius 3 is 2.59 bits per heavy atom. The van der Waals surface area contributed by atoms with Gasteiger partial charge in [0.1, 0.15) is 5.82 Å². The molecule has 3 aromatic rings. The van der Waals surface area contributed by atoms with Crippen LogP contribution in [-0.4, -0.2) is 41.6 Å². The number of piperidine rings is 1. The van der Waals surface area contributed by atoms with E-state index in [1.54, 1.807) is 12.3 Å². The molecule has 8 heteroatoms. The summed E-state index contributed by atoms with van der Waals surface area (Å²) in [6, 6.07) is 14.9. The third-order valence-corrected chi connectivity index (χ3v) is 5.62. The van der Waals surface area contributed by atoms with E-state index in [1.807, 2.05) is 42.5 Å². The molecule has 1 aliphatic rings. The number of nitrogens with zero attached hydrogens (tertiary/aromatic N) is 3. The molecule has 2 N–H and O–H groups in total. The van der Waals surface area contributed by atoms with E-state index in [0.29, 0.717) is 12.3 Å². The van der Waals surface area contributed by atoms with Crippen LogP contribution in [0.25, 0.3) is 11.3 Å². The Hall–Kier alpha value is -3.68. The number of rotatable bonds is 7. The van der Waals surface area contributed by atoms with Crippen LogP contribution in [0.3, 0.4) is 0 Å². The molecule has 0 atom stereocenters. The highest BCUT2D eigenvalue weighted by Gasteiger charge is 2.17. The van der Waals surface area contributed by atoms with Gasteiger partial charge in [0, 0.05) is 37.5 Å². The van der Waals surface area contributed by atoms with Crippen molar-refractivity contribution in [1.29, 1.82) is 0 Å². The second-order valence-electron chi connectivity index (χ2n) is 8.10.